The summed E-state index contributed by atoms with van der Waals surface area (Å²) in [7, 11) is 0.867. The average Bonchev–Trinajstić information content (AvgIpc) is 3.10. The highest BCUT2D eigenvalue weighted by atomic mass is 32.2. The van der Waals surface area contributed by atoms with Crippen molar-refractivity contribution in [2.24, 2.45) is 4.99 Å². The van der Waals surface area contributed by atoms with Crippen LogP contribution in [0.25, 0.3) is 0 Å². The van der Waals surface area contributed by atoms with Gasteiger partial charge in [-0.25, -0.2) is 9.67 Å². The first-order chi connectivity index (χ1) is 13.2. The molecule has 0 spiro atoms. The van der Waals surface area contributed by atoms with Gasteiger partial charge in [-0.2, -0.15) is 5.10 Å². The molecule has 0 saturated heterocycles. The molecule has 1 aromatic heterocycles. The van der Waals surface area contributed by atoms with Crippen molar-refractivity contribution in [2.75, 3.05) is 19.3 Å². The molecule has 8 heteroatoms. The third-order valence-corrected chi connectivity index (χ3v) is 5.89. The molecule has 27 heavy (non-hydrogen) atoms. The Morgan fingerprint density at radius 3 is 2.93 bits per heavy atom. The summed E-state index contributed by atoms with van der Waals surface area (Å²) < 4.78 is 14.2. The zero-order chi connectivity index (χ0) is 19.1. The van der Waals surface area contributed by atoms with Crippen LogP contribution >= 0.6 is 0 Å². The molecule has 2 heterocycles. The number of aryl methyl sites for hydroxylation is 2. The standard InChI is InChI=1S/C19H28N6OS/c1-3-17-23-18-10-9-16(13-25(18)24-17)22-19(20-2)21-11-12-27(26)14-15-7-5-4-6-8-15/h4-8,16H,3,9-14H2,1-2H3,(H2,20,21,22). The van der Waals surface area contributed by atoms with Crippen LogP contribution in [0.3, 0.4) is 0 Å². The van der Waals surface area contributed by atoms with Gasteiger partial charge in [0, 0.05) is 54.8 Å². The number of aliphatic imine (C=N–C) groups is 1. The predicted octanol–water partition coefficient (Wildman–Crippen LogP) is 1.27. The van der Waals surface area contributed by atoms with Crippen LogP contribution in [0.4, 0.5) is 0 Å². The minimum absolute atomic E-state index is 0.268. The zero-order valence-corrected chi connectivity index (χ0v) is 16.8. The first-order valence-corrected chi connectivity index (χ1v) is 11.0. The topological polar surface area (TPSA) is 84.2 Å². The van der Waals surface area contributed by atoms with Crippen LogP contribution in [0.1, 0.15) is 30.6 Å². The highest BCUT2D eigenvalue weighted by molar-refractivity contribution is 7.84. The Labute approximate surface area is 163 Å². The monoisotopic (exact) mass is 388 g/mol. The van der Waals surface area contributed by atoms with E-state index in [1.807, 2.05) is 35.0 Å². The number of aromatic nitrogens is 3. The molecule has 2 unspecified atom stereocenters. The summed E-state index contributed by atoms with van der Waals surface area (Å²) in [5.41, 5.74) is 1.11. The minimum Gasteiger partial charge on any atom is -0.355 e. The molecule has 1 aliphatic rings. The van der Waals surface area contributed by atoms with Crippen molar-refractivity contribution in [3.05, 3.63) is 47.5 Å². The highest BCUT2D eigenvalue weighted by Crippen LogP contribution is 2.13. The van der Waals surface area contributed by atoms with Crippen LogP contribution in [0.5, 0.6) is 0 Å². The zero-order valence-electron chi connectivity index (χ0n) is 16.0. The highest BCUT2D eigenvalue weighted by Gasteiger charge is 2.22. The van der Waals surface area contributed by atoms with Crippen LogP contribution < -0.4 is 10.6 Å². The van der Waals surface area contributed by atoms with Crippen LogP contribution in [-0.2, 0) is 35.9 Å². The Hall–Kier alpha value is -2.22. The minimum atomic E-state index is -0.892. The van der Waals surface area contributed by atoms with Crippen molar-refractivity contribution in [3.63, 3.8) is 0 Å². The van der Waals surface area contributed by atoms with E-state index >= 15 is 0 Å². The summed E-state index contributed by atoms with van der Waals surface area (Å²) >= 11 is 0. The molecule has 1 aliphatic heterocycles. The van der Waals surface area contributed by atoms with Gasteiger partial charge in [0.1, 0.15) is 5.82 Å². The van der Waals surface area contributed by atoms with E-state index in [1.165, 1.54) is 0 Å². The van der Waals surface area contributed by atoms with Crippen molar-refractivity contribution in [1.29, 1.82) is 0 Å². The normalized spacial score (nSPS) is 18.0. The molecule has 0 bridgehead atoms. The van der Waals surface area contributed by atoms with E-state index in [4.69, 9.17) is 0 Å². The first-order valence-electron chi connectivity index (χ1n) is 9.46. The number of nitrogens with zero attached hydrogens (tertiary/aromatic N) is 4. The van der Waals surface area contributed by atoms with Crippen LogP contribution in [0, 0.1) is 0 Å². The smallest absolute Gasteiger partial charge is 0.191 e. The van der Waals surface area contributed by atoms with Gasteiger partial charge in [-0.1, -0.05) is 37.3 Å². The second-order valence-corrected chi connectivity index (χ2v) is 8.21. The Kier molecular flexibility index (Phi) is 6.98. The van der Waals surface area contributed by atoms with Crippen molar-refractivity contribution < 1.29 is 4.21 Å². The lowest BCUT2D eigenvalue weighted by Gasteiger charge is -2.25. The number of benzene rings is 1. The summed E-state index contributed by atoms with van der Waals surface area (Å²) in [5.74, 6) is 3.91. The fourth-order valence-electron chi connectivity index (χ4n) is 3.13. The lowest BCUT2D eigenvalue weighted by Crippen LogP contribution is -2.47. The molecule has 3 rings (SSSR count). The van der Waals surface area contributed by atoms with Crippen LogP contribution in [-0.4, -0.2) is 50.3 Å². The molecule has 7 nitrogen and oxygen atoms in total. The van der Waals surface area contributed by atoms with Gasteiger partial charge < -0.3 is 10.6 Å². The third-order valence-electron chi connectivity index (χ3n) is 4.58. The second-order valence-electron chi connectivity index (χ2n) is 6.63. The Balaban J connectivity index is 1.42. The quantitative estimate of drug-likeness (QED) is 0.551. The summed E-state index contributed by atoms with van der Waals surface area (Å²) in [5, 5.41) is 11.3. The molecular weight excluding hydrogens is 360 g/mol. The summed E-state index contributed by atoms with van der Waals surface area (Å²) in [6.45, 7) is 3.49. The van der Waals surface area contributed by atoms with Gasteiger partial charge in [0.15, 0.2) is 11.8 Å². The lowest BCUT2D eigenvalue weighted by atomic mass is 10.1. The van der Waals surface area contributed by atoms with E-state index < -0.39 is 10.8 Å². The summed E-state index contributed by atoms with van der Waals surface area (Å²) in [6.07, 6.45) is 2.78. The molecule has 2 N–H and O–H groups in total. The van der Waals surface area contributed by atoms with Crippen LogP contribution in [0.15, 0.2) is 35.3 Å². The molecule has 0 radical (unpaired) electrons. The van der Waals surface area contributed by atoms with Crippen molar-refractivity contribution in [1.82, 2.24) is 25.4 Å². The molecule has 146 valence electrons. The number of rotatable bonds is 7. The molecular formula is C19H28N6OS. The maximum atomic E-state index is 12.2. The Morgan fingerprint density at radius 2 is 2.19 bits per heavy atom. The number of hydrogen-bond acceptors (Lipinski definition) is 4. The number of hydrogen-bond donors (Lipinski definition) is 2. The third kappa shape index (κ3) is 5.63. The van der Waals surface area contributed by atoms with Gasteiger partial charge in [-0.15, -0.1) is 0 Å². The van der Waals surface area contributed by atoms with Gasteiger partial charge in [-0.3, -0.25) is 9.20 Å². The molecule has 0 fully saturated rings. The number of fused-ring (bicyclic) bond motifs is 1. The van der Waals surface area contributed by atoms with Crippen molar-refractivity contribution >= 4 is 16.8 Å². The lowest BCUT2D eigenvalue weighted by molar-refractivity contribution is 0.392. The first kappa shape index (κ1) is 19.5. The van der Waals surface area contributed by atoms with E-state index in [9.17, 15) is 4.21 Å². The Morgan fingerprint density at radius 1 is 1.37 bits per heavy atom. The van der Waals surface area contributed by atoms with Gasteiger partial charge in [-0.05, 0) is 12.0 Å². The van der Waals surface area contributed by atoms with Crippen LogP contribution in [0.2, 0.25) is 0 Å². The molecule has 0 saturated carbocycles. The fraction of sp³-hybridized carbons (Fsp3) is 0.526. The maximum Gasteiger partial charge on any atom is 0.191 e. The Bertz CT molecular complexity index is 789. The van der Waals surface area contributed by atoms with Gasteiger partial charge in [0.05, 0.1) is 6.54 Å². The molecule has 1 aromatic carbocycles. The molecule has 2 atom stereocenters. The van der Waals surface area contributed by atoms with Crippen molar-refractivity contribution in [2.45, 2.75) is 44.5 Å². The SMILES string of the molecule is CCc1nc2n(n1)CC(NC(=NC)NCCS(=O)Cc1ccccc1)CC2. The van der Waals surface area contributed by atoms with E-state index in [0.29, 0.717) is 18.1 Å². The van der Waals surface area contributed by atoms with E-state index in [1.54, 1.807) is 7.05 Å². The van der Waals surface area contributed by atoms with Gasteiger partial charge >= 0.3 is 0 Å². The average molecular weight is 389 g/mol. The van der Waals surface area contributed by atoms with Gasteiger partial charge in [0.25, 0.3) is 0 Å². The van der Waals surface area contributed by atoms with E-state index in [2.05, 4.69) is 32.6 Å². The van der Waals surface area contributed by atoms with E-state index in [0.717, 1.165) is 49.0 Å². The van der Waals surface area contributed by atoms with Gasteiger partial charge in [0.2, 0.25) is 0 Å². The number of nitrogens with one attached hydrogen (secondary N) is 2. The molecule has 0 amide bonds. The largest absolute Gasteiger partial charge is 0.355 e. The van der Waals surface area contributed by atoms with E-state index in [-0.39, 0.29) is 6.04 Å². The summed E-state index contributed by atoms with van der Waals surface area (Å²) in [4.78, 5) is 8.84. The second kappa shape index (κ2) is 9.64. The molecule has 0 aliphatic carbocycles. The van der Waals surface area contributed by atoms with Crippen molar-refractivity contribution in [3.8, 4) is 0 Å². The number of guanidine groups is 1. The molecule has 2 aromatic rings. The summed E-state index contributed by atoms with van der Waals surface area (Å²) in [6, 6.07) is 10.2. The maximum absolute atomic E-state index is 12.2. The fourth-order valence-corrected chi connectivity index (χ4v) is 4.17. The predicted molar refractivity (Wildman–Crippen MR) is 109 cm³/mol.